The Bertz CT molecular complexity index is 844. The van der Waals surface area contributed by atoms with Gasteiger partial charge in [0.05, 0.1) is 5.41 Å². The standard InChI is InChI=1S/C22H28FN5O/c1-26(2)20(29)22-9-3-12-27(13-17-5-7-19(23)8-6-17)14-18(22)15-28(16-22)21-24-10-4-11-25-21/h4-8,10-11,18H,3,9,12-16H2,1-2H3/t18-,22-/m0/s1. The second-order valence-corrected chi connectivity index (χ2v) is 8.45. The summed E-state index contributed by atoms with van der Waals surface area (Å²) >= 11 is 0. The fourth-order valence-electron chi connectivity index (χ4n) is 4.90. The highest BCUT2D eigenvalue weighted by molar-refractivity contribution is 5.84. The molecule has 0 radical (unpaired) electrons. The van der Waals surface area contributed by atoms with Crippen LogP contribution in [0.1, 0.15) is 18.4 Å². The van der Waals surface area contributed by atoms with Crippen LogP contribution in [0, 0.1) is 17.2 Å². The van der Waals surface area contributed by atoms with E-state index >= 15 is 0 Å². The molecule has 3 heterocycles. The molecule has 1 aromatic heterocycles. The van der Waals surface area contributed by atoms with Crippen LogP contribution in [0.4, 0.5) is 10.3 Å². The number of benzene rings is 1. The second-order valence-electron chi connectivity index (χ2n) is 8.45. The van der Waals surface area contributed by atoms with Crippen molar-refractivity contribution in [3.63, 3.8) is 0 Å². The Morgan fingerprint density at radius 1 is 1.21 bits per heavy atom. The summed E-state index contributed by atoms with van der Waals surface area (Å²) in [5, 5.41) is 0. The van der Waals surface area contributed by atoms with Gasteiger partial charge in [0.1, 0.15) is 5.82 Å². The van der Waals surface area contributed by atoms with Crippen LogP contribution in [-0.4, -0.2) is 65.9 Å². The predicted octanol–water partition coefficient (Wildman–Crippen LogP) is 2.42. The lowest BCUT2D eigenvalue weighted by molar-refractivity contribution is -0.141. The molecule has 2 aliphatic heterocycles. The van der Waals surface area contributed by atoms with Crippen LogP contribution in [-0.2, 0) is 11.3 Å². The molecule has 0 N–H and O–H groups in total. The molecule has 2 atom stereocenters. The zero-order valence-corrected chi connectivity index (χ0v) is 17.1. The molecule has 154 valence electrons. The van der Waals surface area contributed by atoms with Gasteiger partial charge >= 0.3 is 0 Å². The van der Waals surface area contributed by atoms with Gasteiger partial charge in [0, 0.05) is 58.6 Å². The van der Waals surface area contributed by atoms with Gasteiger partial charge in [-0.1, -0.05) is 12.1 Å². The quantitative estimate of drug-likeness (QED) is 0.793. The average Bonchev–Trinajstić information content (AvgIpc) is 3.00. The first-order chi connectivity index (χ1) is 14.0. The lowest BCUT2D eigenvalue weighted by atomic mass is 9.74. The highest BCUT2D eigenvalue weighted by Gasteiger charge is 2.54. The van der Waals surface area contributed by atoms with Gasteiger partial charge in [-0.15, -0.1) is 0 Å². The number of amides is 1. The molecule has 4 rings (SSSR count). The van der Waals surface area contributed by atoms with Crippen LogP contribution < -0.4 is 4.90 Å². The largest absolute Gasteiger partial charge is 0.348 e. The first-order valence-corrected chi connectivity index (χ1v) is 10.2. The van der Waals surface area contributed by atoms with Crippen molar-refractivity contribution in [1.29, 1.82) is 0 Å². The van der Waals surface area contributed by atoms with Crippen molar-refractivity contribution < 1.29 is 9.18 Å². The zero-order chi connectivity index (χ0) is 20.4. The lowest BCUT2D eigenvalue weighted by Gasteiger charge is -2.34. The predicted molar refractivity (Wildman–Crippen MR) is 110 cm³/mol. The van der Waals surface area contributed by atoms with E-state index in [4.69, 9.17) is 0 Å². The fraction of sp³-hybridized carbons (Fsp3) is 0.500. The van der Waals surface area contributed by atoms with E-state index in [2.05, 4.69) is 19.8 Å². The Morgan fingerprint density at radius 2 is 1.93 bits per heavy atom. The average molecular weight is 397 g/mol. The summed E-state index contributed by atoms with van der Waals surface area (Å²) in [4.78, 5) is 28.5. The first-order valence-electron chi connectivity index (χ1n) is 10.2. The number of hydrogen-bond acceptors (Lipinski definition) is 5. The van der Waals surface area contributed by atoms with E-state index in [9.17, 15) is 9.18 Å². The summed E-state index contributed by atoms with van der Waals surface area (Å²) in [6.45, 7) is 3.97. The molecule has 2 saturated heterocycles. The topological polar surface area (TPSA) is 52.6 Å². The van der Waals surface area contributed by atoms with Crippen molar-refractivity contribution in [3.8, 4) is 0 Å². The maximum Gasteiger partial charge on any atom is 0.230 e. The molecule has 7 heteroatoms. The number of nitrogens with zero attached hydrogens (tertiary/aromatic N) is 5. The van der Waals surface area contributed by atoms with Crippen LogP contribution in [0.5, 0.6) is 0 Å². The van der Waals surface area contributed by atoms with Crippen LogP contribution in [0.15, 0.2) is 42.7 Å². The minimum absolute atomic E-state index is 0.198. The number of carbonyl (C=O) groups is 1. The van der Waals surface area contributed by atoms with Gasteiger partial charge in [-0.3, -0.25) is 9.69 Å². The van der Waals surface area contributed by atoms with Crippen molar-refractivity contribution in [2.45, 2.75) is 19.4 Å². The minimum atomic E-state index is -0.416. The monoisotopic (exact) mass is 397 g/mol. The van der Waals surface area contributed by atoms with E-state index in [0.29, 0.717) is 12.5 Å². The van der Waals surface area contributed by atoms with Crippen molar-refractivity contribution in [3.05, 3.63) is 54.1 Å². The van der Waals surface area contributed by atoms with Crippen LogP contribution in [0.25, 0.3) is 0 Å². The van der Waals surface area contributed by atoms with Gasteiger partial charge in [0.25, 0.3) is 0 Å². The van der Waals surface area contributed by atoms with Crippen molar-refractivity contribution >= 4 is 11.9 Å². The molecule has 0 bridgehead atoms. The van der Waals surface area contributed by atoms with Crippen molar-refractivity contribution in [2.75, 3.05) is 45.2 Å². The number of fused-ring (bicyclic) bond motifs is 1. The van der Waals surface area contributed by atoms with Gasteiger partial charge in [0.2, 0.25) is 11.9 Å². The third-order valence-electron chi connectivity index (χ3n) is 6.26. The highest BCUT2D eigenvalue weighted by Crippen LogP contribution is 2.44. The number of rotatable bonds is 4. The number of hydrogen-bond donors (Lipinski definition) is 0. The molecule has 29 heavy (non-hydrogen) atoms. The van der Waals surface area contributed by atoms with E-state index < -0.39 is 5.41 Å². The number of likely N-dealkylation sites (tertiary alicyclic amines) is 1. The summed E-state index contributed by atoms with van der Waals surface area (Å²) in [5.74, 6) is 0.875. The summed E-state index contributed by atoms with van der Waals surface area (Å²) in [5.41, 5.74) is 0.680. The fourth-order valence-corrected chi connectivity index (χ4v) is 4.90. The number of halogens is 1. The number of anilines is 1. The van der Waals surface area contributed by atoms with Gasteiger partial charge in [-0.2, -0.15) is 0 Å². The Hall–Kier alpha value is -2.54. The molecular formula is C22H28FN5O. The SMILES string of the molecule is CN(C)C(=O)[C@]12CCCN(Cc3ccc(F)cc3)C[C@H]1CN(c1ncccn1)C2. The molecule has 2 aromatic rings. The van der Waals surface area contributed by atoms with Gasteiger partial charge in [-0.25, -0.2) is 14.4 Å². The van der Waals surface area contributed by atoms with Crippen LogP contribution >= 0.6 is 0 Å². The maximum atomic E-state index is 13.3. The highest BCUT2D eigenvalue weighted by atomic mass is 19.1. The van der Waals surface area contributed by atoms with E-state index in [0.717, 1.165) is 44.6 Å². The summed E-state index contributed by atoms with van der Waals surface area (Å²) in [7, 11) is 3.69. The van der Waals surface area contributed by atoms with Crippen LogP contribution in [0.3, 0.4) is 0 Å². The Kier molecular flexibility index (Phi) is 5.50. The summed E-state index contributed by atoms with van der Waals surface area (Å²) < 4.78 is 13.3. The van der Waals surface area contributed by atoms with E-state index in [1.807, 2.05) is 32.3 Å². The molecule has 0 unspecified atom stereocenters. The Balaban J connectivity index is 1.58. The third-order valence-corrected chi connectivity index (χ3v) is 6.26. The molecule has 1 amide bonds. The second kappa shape index (κ2) is 8.06. The smallest absolute Gasteiger partial charge is 0.230 e. The van der Waals surface area contributed by atoms with Crippen molar-refractivity contribution in [2.24, 2.45) is 11.3 Å². The molecule has 0 aliphatic carbocycles. The molecule has 6 nitrogen and oxygen atoms in total. The van der Waals surface area contributed by atoms with E-state index in [1.165, 1.54) is 12.1 Å². The Morgan fingerprint density at radius 3 is 2.62 bits per heavy atom. The first kappa shape index (κ1) is 19.8. The normalized spacial score (nSPS) is 24.8. The molecule has 2 fully saturated rings. The third kappa shape index (κ3) is 3.96. The number of aromatic nitrogens is 2. The van der Waals surface area contributed by atoms with E-state index in [1.54, 1.807) is 17.3 Å². The molecule has 1 aromatic carbocycles. The Labute approximate surface area is 171 Å². The summed E-state index contributed by atoms with van der Waals surface area (Å²) in [6, 6.07) is 8.52. The zero-order valence-electron chi connectivity index (χ0n) is 17.1. The van der Waals surface area contributed by atoms with Crippen LogP contribution in [0.2, 0.25) is 0 Å². The van der Waals surface area contributed by atoms with Crippen molar-refractivity contribution in [1.82, 2.24) is 19.8 Å². The van der Waals surface area contributed by atoms with E-state index in [-0.39, 0.29) is 17.6 Å². The molecule has 0 spiro atoms. The lowest BCUT2D eigenvalue weighted by Crippen LogP contribution is -2.47. The molecular weight excluding hydrogens is 369 g/mol. The molecule has 0 saturated carbocycles. The maximum absolute atomic E-state index is 13.3. The molecule has 2 aliphatic rings. The number of carbonyl (C=O) groups excluding carboxylic acids is 1. The summed E-state index contributed by atoms with van der Waals surface area (Å²) in [6.07, 6.45) is 5.31. The van der Waals surface area contributed by atoms with Gasteiger partial charge in [0.15, 0.2) is 0 Å². The van der Waals surface area contributed by atoms with Gasteiger partial charge in [-0.05, 0) is 43.1 Å². The van der Waals surface area contributed by atoms with Gasteiger partial charge < -0.3 is 9.80 Å². The minimum Gasteiger partial charge on any atom is -0.348 e.